The van der Waals surface area contributed by atoms with Crippen LogP contribution in [0.5, 0.6) is 0 Å². The molecule has 186 valence electrons. The highest BCUT2D eigenvalue weighted by Crippen LogP contribution is 2.68. The highest BCUT2D eigenvalue weighted by Gasteiger charge is 2.64. The first kappa shape index (κ1) is 24.0. The fourth-order valence-corrected chi connectivity index (χ4v) is 9.26. The molecule has 1 N–H and O–H groups in total. The summed E-state index contributed by atoms with van der Waals surface area (Å²) < 4.78 is 12.9. The molecule has 4 fully saturated rings. The van der Waals surface area contributed by atoms with Gasteiger partial charge in [0.05, 0.1) is 12.2 Å². The molecule has 0 heterocycles. The molecule has 0 aliphatic heterocycles. The second-order valence-electron chi connectivity index (χ2n) is 12.4. The van der Waals surface area contributed by atoms with E-state index in [4.69, 9.17) is 9.47 Å². The molecule has 5 aliphatic carbocycles. The Bertz CT molecular complexity index is 780. The van der Waals surface area contributed by atoms with Gasteiger partial charge in [-0.1, -0.05) is 32.3 Å². The van der Waals surface area contributed by atoms with E-state index in [1.807, 2.05) is 13.2 Å². The van der Waals surface area contributed by atoms with Crippen molar-refractivity contribution in [2.24, 2.45) is 28.6 Å². The number of rotatable bonds is 5. The average molecular weight is 459 g/mol. The first-order chi connectivity index (χ1) is 15.8. The lowest BCUT2D eigenvalue weighted by atomic mass is 9.46. The standard InChI is InChI=1S/C29H46O4/c1-4-28(31)18-13-24-23-10-9-21-19-22(30)11-17-27(21,25(23)12-16-26(24,28)2)20-33-29(32-3)14-7-5-6-8-15-29/h19,23-25,31H,4-18,20H2,1-3H3/t23-,24-,25+,26-,27+,28?/m0/s1. The van der Waals surface area contributed by atoms with Gasteiger partial charge in [0.1, 0.15) is 0 Å². The molecule has 6 atom stereocenters. The Kier molecular flexibility index (Phi) is 6.36. The van der Waals surface area contributed by atoms with E-state index in [2.05, 4.69) is 13.8 Å². The Hall–Kier alpha value is -0.710. The molecule has 33 heavy (non-hydrogen) atoms. The van der Waals surface area contributed by atoms with Crippen molar-refractivity contribution >= 4 is 5.78 Å². The van der Waals surface area contributed by atoms with E-state index >= 15 is 0 Å². The molecule has 4 saturated carbocycles. The Morgan fingerprint density at radius 3 is 2.39 bits per heavy atom. The molecule has 0 aromatic heterocycles. The normalized spacial score (nSPS) is 44.9. The third kappa shape index (κ3) is 3.69. The Labute approximate surface area is 200 Å². The monoisotopic (exact) mass is 458 g/mol. The molecule has 5 rings (SSSR count). The number of aliphatic hydroxyl groups is 1. The summed E-state index contributed by atoms with van der Waals surface area (Å²) in [5, 5.41) is 11.5. The average Bonchev–Trinajstić information content (AvgIpc) is 2.96. The van der Waals surface area contributed by atoms with Crippen LogP contribution < -0.4 is 0 Å². The van der Waals surface area contributed by atoms with Crippen molar-refractivity contribution < 1.29 is 19.4 Å². The van der Waals surface area contributed by atoms with Crippen molar-refractivity contribution in [3.05, 3.63) is 11.6 Å². The number of hydrogen-bond acceptors (Lipinski definition) is 4. The Morgan fingerprint density at radius 1 is 0.970 bits per heavy atom. The van der Waals surface area contributed by atoms with Gasteiger partial charge in [0.25, 0.3) is 0 Å². The molecule has 0 saturated heterocycles. The van der Waals surface area contributed by atoms with Crippen molar-refractivity contribution in [2.75, 3.05) is 13.7 Å². The minimum atomic E-state index is -0.509. The molecule has 5 aliphatic rings. The maximum atomic E-state index is 12.5. The molecule has 0 radical (unpaired) electrons. The van der Waals surface area contributed by atoms with Crippen LogP contribution in [-0.2, 0) is 14.3 Å². The van der Waals surface area contributed by atoms with E-state index in [9.17, 15) is 9.90 Å². The van der Waals surface area contributed by atoms with E-state index in [1.54, 1.807) is 0 Å². The lowest BCUT2D eigenvalue weighted by Gasteiger charge is -2.60. The SMILES string of the molecule is CCC1(O)CC[C@H]2[C@@H]3CCC4=CC(=O)CC[C@]4(COC4(OC)CCCCCC4)[C@@H]3CC[C@@]21C. The van der Waals surface area contributed by atoms with Crippen molar-refractivity contribution in [3.8, 4) is 0 Å². The zero-order valence-electron chi connectivity index (χ0n) is 21.3. The maximum Gasteiger partial charge on any atom is 0.167 e. The fraction of sp³-hybridized carbons (Fsp3) is 0.897. The molecule has 0 aromatic rings. The molecule has 4 nitrogen and oxygen atoms in total. The number of fused-ring (bicyclic) bond motifs is 5. The van der Waals surface area contributed by atoms with Crippen LogP contribution in [0.25, 0.3) is 0 Å². The second-order valence-corrected chi connectivity index (χ2v) is 12.4. The van der Waals surface area contributed by atoms with Crippen LogP contribution >= 0.6 is 0 Å². The van der Waals surface area contributed by atoms with E-state index in [-0.39, 0.29) is 10.8 Å². The minimum absolute atomic E-state index is 0.0249. The Balaban J connectivity index is 1.45. The number of carbonyl (C=O) groups is 1. The quantitative estimate of drug-likeness (QED) is 0.385. The summed E-state index contributed by atoms with van der Waals surface area (Å²) in [5.74, 6) is 1.63. The summed E-state index contributed by atoms with van der Waals surface area (Å²) in [6.07, 6.45) is 17.8. The van der Waals surface area contributed by atoms with Gasteiger partial charge >= 0.3 is 0 Å². The van der Waals surface area contributed by atoms with Crippen molar-refractivity contribution in [1.82, 2.24) is 0 Å². The van der Waals surface area contributed by atoms with Crippen LogP contribution in [0.4, 0.5) is 0 Å². The minimum Gasteiger partial charge on any atom is -0.389 e. The summed E-state index contributed by atoms with van der Waals surface area (Å²) >= 11 is 0. The number of carbonyl (C=O) groups excluding carboxylic acids is 1. The van der Waals surface area contributed by atoms with E-state index in [1.165, 1.54) is 37.7 Å². The van der Waals surface area contributed by atoms with Crippen LogP contribution in [0.2, 0.25) is 0 Å². The van der Waals surface area contributed by atoms with Crippen LogP contribution in [0.3, 0.4) is 0 Å². The van der Waals surface area contributed by atoms with E-state index in [0.29, 0.717) is 36.6 Å². The van der Waals surface area contributed by atoms with Gasteiger partial charge in [0.2, 0.25) is 0 Å². The van der Waals surface area contributed by atoms with Crippen LogP contribution in [0.1, 0.15) is 110 Å². The van der Waals surface area contributed by atoms with Gasteiger partial charge in [-0.3, -0.25) is 4.79 Å². The maximum absolute atomic E-state index is 12.5. The molecule has 0 amide bonds. The van der Waals surface area contributed by atoms with Crippen LogP contribution in [-0.4, -0.2) is 36.0 Å². The topological polar surface area (TPSA) is 55.8 Å². The van der Waals surface area contributed by atoms with E-state index < -0.39 is 11.4 Å². The van der Waals surface area contributed by atoms with Gasteiger partial charge in [0, 0.05) is 31.8 Å². The molecule has 0 spiro atoms. The lowest BCUT2D eigenvalue weighted by molar-refractivity contribution is -0.250. The van der Waals surface area contributed by atoms with Crippen molar-refractivity contribution in [2.45, 2.75) is 122 Å². The summed E-state index contributed by atoms with van der Waals surface area (Å²) in [6, 6.07) is 0. The number of ether oxygens (including phenoxy) is 2. The van der Waals surface area contributed by atoms with Gasteiger partial charge in [-0.05, 0) is 93.5 Å². The predicted octanol–water partition coefficient (Wildman–Crippen LogP) is 6.35. The zero-order chi connectivity index (χ0) is 23.3. The Morgan fingerprint density at radius 2 is 1.70 bits per heavy atom. The summed E-state index contributed by atoms with van der Waals surface area (Å²) in [4.78, 5) is 12.5. The van der Waals surface area contributed by atoms with Crippen molar-refractivity contribution in [1.29, 1.82) is 0 Å². The number of ketones is 1. The van der Waals surface area contributed by atoms with E-state index in [0.717, 1.165) is 57.8 Å². The predicted molar refractivity (Wildman–Crippen MR) is 130 cm³/mol. The molecule has 4 heteroatoms. The molecular formula is C29H46O4. The lowest BCUT2D eigenvalue weighted by Crippen LogP contribution is -2.57. The first-order valence-electron chi connectivity index (χ1n) is 14.0. The summed E-state index contributed by atoms with van der Waals surface area (Å²) in [6.45, 7) is 5.25. The smallest absolute Gasteiger partial charge is 0.167 e. The second kappa shape index (κ2) is 8.75. The number of methoxy groups -OCH3 is 1. The third-order valence-electron chi connectivity index (χ3n) is 11.4. The largest absolute Gasteiger partial charge is 0.389 e. The van der Waals surface area contributed by atoms with Gasteiger partial charge in [-0.2, -0.15) is 0 Å². The van der Waals surface area contributed by atoms with Gasteiger partial charge in [-0.25, -0.2) is 0 Å². The molecule has 0 bridgehead atoms. The highest BCUT2D eigenvalue weighted by atomic mass is 16.7. The van der Waals surface area contributed by atoms with Gasteiger partial charge < -0.3 is 14.6 Å². The number of hydrogen-bond donors (Lipinski definition) is 1. The van der Waals surface area contributed by atoms with Gasteiger partial charge in [0.15, 0.2) is 11.6 Å². The third-order valence-corrected chi connectivity index (χ3v) is 11.4. The summed E-state index contributed by atoms with van der Waals surface area (Å²) in [7, 11) is 1.82. The van der Waals surface area contributed by atoms with Crippen LogP contribution in [0, 0.1) is 28.6 Å². The van der Waals surface area contributed by atoms with Crippen molar-refractivity contribution in [3.63, 3.8) is 0 Å². The molecule has 0 aromatic carbocycles. The highest BCUT2D eigenvalue weighted by molar-refractivity contribution is 5.91. The molecule has 1 unspecified atom stereocenters. The van der Waals surface area contributed by atoms with Crippen LogP contribution in [0.15, 0.2) is 11.6 Å². The summed E-state index contributed by atoms with van der Waals surface area (Å²) in [5.41, 5.74) is 0.868. The first-order valence-corrected chi connectivity index (χ1v) is 14.0. The fourth-order valence-electron chi connectivity index (χ4n) is 9.26. The van der Waals surface area contributed by atoms with Gasteiger partial charge in [-0.15, -0.1) is 0 Å². The zero-order valence-corrected chi connectivity index (χ0v) is 21.3. The molecular weight excluding hydrogens is 412 g/mol.